The van der Waals surface area contributed by atoms with Crippen LogP contribution in [0.25, 0.3) is 11.4 Å². The summed E-state index contributed by atoms with van der Waals surface area (Å²) in [6.45, 7) is 0.213. The third-order valence-corrected chi connectivity index (χ3v) is 4.98. The molecular weight excluding hydrogens is 357 g/mol. The number of benzene rings is 2. The Morgan fingerprint density at radius 3 is 2.73 bits per heavy atom. The predicted octanol–water partition coefficient (Wildman–Crippen LogP) is 3.32. The zero-order valence-corrected chi connectivity index (χ0v) is 14.6. The summed E-state index contributed by atoms with van der Waals surface area (Å²) in [5.74, 6) is 1.78. The first-order valence-electron chi connectivity index (χ1n) is 7.83. The van der Waals surface area contributed by atoms with Crippen LogP contribution in [0.2, 0.25) is 0 Å². The van der Waals surface area contributed by atoms with Gasteiger partial charge in [0.25, 0.3) is 0 Å². The molecule has 132 valence electrons. The fraction of sp³-hybridized carbons (Fsp3) is 0.167. The Morgan fingerprint density at radius 1 is 1.15 bits per heavy atom. The van der Waals surface area contributed by atoms with E-state index in [-0.39, 0.29) is 24.1 Å². The molecule has 0 spiro atoms. The van der Waals surface area contributed by atoms with Crippen molar-refractivity contribution in [3.63, 3.8) is 0 Å². The molecule has 0 saturated heterocycles. The standard InChI is InChI=1S/C18H14FN3O3S/c1-22-17(12-4-7-15-16(8-12)25-10-24-15)20-21-18(22)26-9-14(23)11-2-5-13(19)6-3-11/h2-8H,9-10H2,1H3. The summed E-state index contributed by atoms with van der Waals surface area (Å²) in [5.41, 5.74) is 1.32. The van der Waals surface area contributed by atoms with Crippen LogP contribution in [0.15, 0.2) is 47.6 Å². The molecule has 0 atom stereocenters. The summed E-state index contributed by atoms with van der Waals surface area (Å²) in [6, 6.07) is 11.1. The third kappa shape index (κ3) is 3.15. The van der Waals surface area contributed by atoms with Crippen molar-refractivity contribution in [3.05, 3.63) is 53.8 Å². The molecule has 6 nitrogen and oxygen atoms in total. The first kappa shape index (κ1) is 16.6. The van der Waals surface area contributed by atoms with Crippen LogP contribution in [0.4, 0.5) is 4.39 Å². The molecule has 0 aliphatic carbocycles. The van der Waals surface area contributed by atoms with E-state index in [1.807, 2.05) is 29.8 Å². The largest absolute Gasteiger partial charge is 0.454 e. The Labute approximate surface area is 153 Å². The molecule has 8 heteroatoms. The zero-order valence-electron chi connectivity index (χ0n) is 13.8. The summed E-state index contributed by atoms with van der Waals surface area (Å²) in [5, 5.41) is 8.98. The molecule has 1 aliphatic heterocycles. The van der Waals surface area contributed by atoms with Crippen molar-refractivity contribution < 1.29 is 18.7 Å². The van der Waals surface area contributed by atoms with Crippen molar-refractivity contribution in [1.29, 1.82) is 0 Å². The second kappa shape index (κ2) is 6.80. The maximum atomic E-state index is 12.9. The highest BCUT2D eigenvalue weighted by Gasteiger charge is 2.18. The smallest absolute Gasteiger partial charge is 0.231 e. The van der Waals surface area contributed by atoms with Gasteiger partial charge in [-0.3, -0.25) is 4.79 Å². The zero-order chi connectivity index (χ0) is 18.1. The maximum Gasteiger partial charge on any atom is 0.231 e. The van der Waals surface area contributed by atoms with Crippen LogP contribution in [-0.4, -0.2) is 33.1 Å². The second-order valence-corrected chi connectivity index (χ2v) is 6.59. The summed E-state index contributed by atoms with van der Waals surface area (Å²) in [7, 11) is 1.84. The van der Waals surface area contributed by atoms with Gasteiger partial charge in [-0.25, -0.2) is 4.39 Å². The number of hydrogen-bond acceptors (Lipinski definition) is 6. The first-order chi connectivity index (χ1) is 12.6. The minimum absolute atomic E-state index is 0.0948. The normalized spacial score (nSPS) is 12.4. The van der Waals surface area contributed by atoms with E-state index in [0.29, 0.717) is 28.0 Å². The Bertz CT molecular complexity index is 972. The molecule has 1 aliphatic rings. The molecule has 3 aromatic rings. The average molecular weight is 371 g/mol. The number of ether oxygens (including phenoxy) is 2. The molecule has 0 radical (unpaired) electrons. The fourth-order valence-electron chi connectivity index (χ4n) is 2.58. The summed E-state index contributed by atoms with van der Waals surface area (Å²) in [4.78, 5) is 12.2. The van der Waals surface area contributed by atoms with Gasteiger partial charge in [0, 0.05) is 18.2 Å². The van der Waals surface area contributed by atoms with Crippen LogP contribution in [-0.2, 0) is 7.05 Å². The van der Waals surface area contributed by atoms with E-state index in [4.69, 9.17) is 9.47 Å². The number of Topliss-reactive ketones (excluding diaryl/α,β-unsaturated/α-hetero) is 1. The monoisotopic (exact) mass is 371 g/mol. The van der Waals surface area contributed by atoms with Gasteiger partial charge in [-0.1, -0.05) is 11.8 Å². The minimum Gasteiger partial charge on any atom is -0.454 e. The number of halogens is 1. The van der Waals surface area contributed by atoms with Gasteiger partial charge < -0.3 is 14.0 Å². The lowest BCUT2D eigenvalue weighted by Gasteiger charge is -2.05. The van der Waals surface area contributed by atoms with Crippen molar-refractivity contribution in [1.82, 2.24) is 14.8 Å². The number of fused-ring (bicyclic) bond motifs is 1. The van der Waals surface area contributed by atoms with Crippen LogP contribution in [0, 0.1) is 5.82 Å². The highest BCUT2D eigenvalue weighted by atomic mass is 32.2. The Morgan fingerprint density at radius 2 is 1.92 bits per heavy atom. The number of rotatable bonds is 5. The van der Waals surface area contributed by atoms with E-state index in [2.05, 4.69) is 10.2 Å². The van der Waals surface area contributed by atoms with E-state index < -0.39 is 0 Å². The van der Waals surface area contributed by atoms with Crippen LogP contribution < -0.4 is 9.47 Å². The Balaban J connectivity index is 1.49. The van der Waals surface area contributed by atoms with Crippen LogP contribution >= 0.6 is 11.8 Å². The second-order valence-electron chi connectivity index (χ2n) is 5.65. The van der Waals surface area contributed by atoms with Gasteiger partial charge in [0.05, 0.1) is 5.75 Å². The molecule has 0 amide bonds. The molecule has 2 aromatic carbocycles. The molecule has 0 saturated carbocycles. The molecular formula is C18H14FN3O3S. The van der Waals surface area contributed by atoms with Crippen LogP contribution in [0.1, 0.15) is 10.4 Å². The number of carbonyl (C=O) groups excluding carboxylic acids is 1. The number of carbonyl (C=O) groups is 1. The van der Waals surface area contributed by atoms with Gasteiger partial charge in [0.2, 0.25) is 6.79 Å². The molecule has 4 rings (SSSR count). The van der Waals surface area contributed by atoms with Gasteiger partial charge in [-0.15, -0.1) is 10.2 Å². The lowest BCUT2D eigenvalue weighted by Crippen LogP contribution is -2.04. The summed E-state index contributed by atoms with van der Waals surface area (Å²) in [6.07, 6.45) is 0. The van der Waals surface area contributed by atoms with E-state index in [0.717, 1.165) is 5.56 Å². The lowest BCUT2D eigenvalue weighted by molar-refractivity contribution is 0.102. The topological polar surface area (TPSA) is 66.2 Å². The van der Waals surface area contributed by atoms with Gasteiger partial charge in [-0.2, -0.15) is 0 Å². The number of ketones is 1. The first-order valence-corrected chi connectivity index (χ1v) is 8.81. The van der Waals surface area contributed by atoms with Crippen LogP contribution in [0.3, 0.4) is 0 Å². The van der Waals surface area contributed by atoms with Crippen LogP contribution in [0.5, 0.6) is 11.5 Å². The lowest BCUT2D eigenvalue weighted by atomic mass is 10.1. The molecule has 1 aromatic heterocycles. The van der Waals surface area contributed by atoms with Crippen molar-refractivity contribution in [2.75, 3.05) is 12.5 Å². The summed E-state index contributed by atoms with van der Waals surface area (Å²) >= 11 is 1.29. The maximum absolute atomic E-state index is 12.9. The van der Waals surface area contributed by atoms with Crippen molar-refractivity contribution in [2.24, 2.45) is 7.05 Å². The van der Waals surface area contributed by atoms with Crippen molar-refractivity contribution >= 4 is 17.5 Å². The number of aromatic nitrogens is 3. The van der Waals surface area contributed by atoms with E-state index in [9.17, 15) is 9.18 Å². The van der Waals surface area contributed by atoms with E-state index in [1.165, 1.54) is 36.0 Å². The Kier molecular flexibility index (Phi) is 4.34. The average Bonchev–Trinajstić information content (AvgIpc) is 3.26. The number of hydrogen-bond donors (Lipinski definition) is 0. The van der Waals surface area contributed by atoms with Crippen molar-refractivity contribution in [2.45, 2.75) is 5.16 Å². The summed E-state index contributed by atoms with van der Waals surface area (Å²) < 4.78 is 25.5. The highest BCUT2D eigenvalue weighted by molar-refractivity contribution is 7.99. The van der Waals surface area contributed by atoms with Gasteiger partial charge >= 0.3 is 0 Å². The Hall–Kier alpha value is -2.87. The third-order valence-electron chi connectivity index (χ3n) is 3.96. The molecule has 26 heavy (non-hydrogen) atoms. The minimum atomic E-state index is -0.365. The molecule has 2 heterocycles. The molecule has 0 unspecified atom stereocenters. The molecule has 0 N–H and O–H groups in total. The van der Waals surface area contributed by atoms with Gasteiger partial charge in [-0.05, 0) is 42.5 Å². The fourth-order valence-corrected chi connectivity index (χ4v) is 3.38. The van der Waals surface area contributed by atoms with E-state index >= 15 is 0 Å². The molecule has 0 fully saturated rings. The molecule has 0 bridgehead atoms. The SMILES string of the molecule is Cn1c(SCC(=O)c2ccc(F)cc2)nnc1-c1ccc2c(c1)OCO2. The van der Waals surface area contributed by atoms with E-state index in [1.54, 1.807) is 0 Å². The van der Waals surface area contributed by atoms with Gasteiger partial charge in [0.1, 0.15) is 5.82 Å². The van der Waals surface area contributed by atoms with Crippen molar-refractivity contribution in [3.8, 4) is 22.9 Å². The highest BCUT2D eigenvalue weighted by Crippen LogP contribution is 2.35. The number of thioether (sulfide) groups is 1. The van der Waals surface area contributed by atoms with Gasteiger partial charge in [0.15, 0.2) is 28.3 Å². The quantitative estimate of drug-likeness (QED) is 0.506. The number of nitrogens with zero attached hydrogens (tertiary/aromatic N) is 3. The predicted molar refractivity (Wildman–Crippen MR) is 94.0 cm³/mol.